The van der Waals surface area contributed by atoms with Crippen molar-refractivity contribution < 1.29 is 14.7 Å². The number of para-hydroxylation sites is 1. The number of anilines is 1. The minimum atomic E-state index is -1.03. The average molecular weight is 327 g/mol. The first-order valence-electron chi connectivity index (χ1n) is 7.69. The third kappa shape index (κ3) is 2.92. The Hall–Kier alpha value is -2.96. The predicted octanol–water partition coefficient (Wildman–Crippen LogP) is 1.31. The molecule has 3 rings (SSSR count). The average Bonchev–Trinajstić information content (AvgIpc) is 2.89. The number of hydrogen-bond acceptors (Lipinski definition) is 4. The third-order valence-electron chi connectivity index (χ3n) is 4.05. The molecule has 0 radical (unpaired) electrons. The molecule has 1 aliphatic heterocycles. The highest BCUT2D eigenvalue weighted by Gasteiger charge is 2.32. The van der Waals surface area contributed by atoms with Crippen LogP contribution in [0.1, 0.15) is 29.4 Å². The van der Waals surface area contributed by atoms with Crippen LogP contribution in [0.5, 0.6) is 0 Å². The number of aromatic nitrogens is 2. The molecule has 0 saturated heterocycles. The number of carbonyl (C=O) groups excluding carboxylic acids is 1. The number of rotatable bonds is 4. The Kier molecular flexibility index (Phi) is 4.16. The topological polar surface area (TPSA) is 92.5 Å². The molecule has 124 valence electrons. The summed E-state index contributed by atoms with van der Waals surface area (Å²) in [6, 6.07) is 10.3. The fraction of sp³-hybridized carbons (Fsp3) is 0.294. The second-order valence-electron chi connectivity index (χ2n) is 5.78. The van der Waals surface area contributed by atoms with Gasteiger partial charge in [0.2, 0.25) is 0 Å². The number of carboxylic acid groups (broad SMARTS) is 1. The van der Waals surface area contributed by atoms with E-state index < -0.39 is 11.5 Å². The molecule has 7 heteroatoms. The molecule has 1 aromatic heterocycles. The molecule has 2 aromatic rings. The molecule has 1 amide bonds. The first kappa shape index (κ1) is 15.9. The predicted molar refractivity (Wildman–Crippen MR) is 87.2 cm³/mol. The molecule has 1 aliphatic rings. The Balaban J connectivity index is 1.92. The minimum absolute atomic E-state index is 0.00361. The lowest BCUT2D eigenvalue weighted by Crippen LogP contribution is -2.37. The quantitative estimate of drug-likeness (QED) is 0.914. The molecule has 0 fully saturated rings. The van der Waals surface area contributed by atoms with Crippen molar-refractivity contribution in [1.29, 1.82) is 0 Å². The van der Waals surface area contributed by atoms with Crippen LogP contribution in [0.4, 0.5) is 5.69 Å². The molecule has 0 unspecified atom stereocenters. The van der Waals surface area contributed by atoms with Gasteiger partial charge in [0, 0.05) is 17.8 Å². The highest BCUT2D eigenvalue weighted by molar-refractivity contribution is 6.06. The standard InChI is InChI=1S/C17H17N3O4/c1-11-10-12-4-2-3-5-14(12)20(11)17(24)13-6-7-15(21)19(18-13)9-8-16(22)23/h2-7,11H,8-10H2,1H3,(H,22,23)/t11-/m1/s1. The van der Waals surface area contributed by atoms with Gasteiger partial charge in [0.1, 0.15) is 5.69 Å². The van der Waals surface area contributed by atoms with Gasteiger partial charge >= 0.3 is 5.97 Å². The normalized spacial score (nSPS) is 16.0. The molecule has 1 N–H and O–H groups in total. The van der Waals surface area contributed by atoms with Crippen LogP contribution >= 0.6 is 0 Å². The smallest absolute Gasteiger partial charge is 0.305 e. The number of hydrogen-bond donors (Lipinski definition) is 1. The Morgan fingerprint density at radius 2 is 2.00 bits per heavy atom. The summed E-state index contributed by atoms with van der Waals surface area (Å²) in [5.74, 6) is -1.32. The number of aryl methyl sites for hydroxylation is 1. The molecule has 2 heterocycles. The second kappa shape index (κ2) is 6.27. The van der Waals surface area contributed by atoms with Gasteiger partial charge in [-0.05, 0) is 31.0 Å². The lowest BCUT2D eigenvalue weighted by atomic mass is 10.1. The first-order chi connectivity index (χ1) is 11.5. The molecule has 0 bridgehead atoms. The van der Waals surface area contributed by atoms with Crippen molar-refractivity contribution in [2.24, 2.45) is 0 Å². The summed E-state index contributed by atoms with van der Waals surface area (Å²) in [5, 5.41) is 12.8. The van der Waals surface area contributed by atoms with Crippen LogP contribution in [0, 0.1) is 0 Å². The number of fused-ring (bicyclic) bond motifs is 1. The summed E-state index contributed by atoms with van der Waals surface area (Å²) >= 11 is 0. The molecule has 7 nitrogen and oxygen atoms in total. The zero-order valence-electron chi connectivity index (χ0n) is 13.2. The van der Waals surface area contributed by atoms with Crippen molar-refractivity contribution in [2.45, 2.75) is 32.4 Å². The van der Waals surface area contributed by atoms with Crippen LogP contribution in [0.25, 0.3) is 0 Å². The van der Waals surface area contributed by atoms with E-state index in [0.29, 0.717) is 0 Å². The van der Waals surface area contributed by atoms with E-state index in [1.54, 1.807) is 4.90 Å². The number of amides is 1. The minimum Gasteiger partial charge on any atom is -0.481 e. The van der Waals surface area contributed by atoms with Gasteiger partial charge in [0.15, 0.2) is 0 Å². The summed E-state index contributed by atoms with van der Waals surface area (Å²) in [5.41, 5.74) is 1.64. The monoisotopic (exact) mass is 327 g/mol. The van der Waals surface area contributed by atoms with Crippen LogP contribution in [0.3, 0.4) is 0 Å². The number of nitrogens with zero attached hydrogens (tertiary/aromatic N) is 3. The first-order valence-corrected chi connectivity index (χ1v) is 7.69. The highest BCUT2D eigenvalue weighted by atomic mass is 16.4. The molecular weight excluding hydrogens is 310 g/mol. The van der Waals surface area contributed by atoms with Gasteiger partial charge in [-0.25, -0.2) is 4.68 Å². The lowest BCUT2D eigenvalue weighted by molar-refractivity contribution is -0.137. The zero-order valence-corrected chi connectivity index (χ0v) is 13.2. The van der Waals surface area contributed by atoms with E-state index in [4.69, 9.17) is 5.11 Å². The molecule has 1 aromatic carbocycles. The Bertz CT molecular complexity index is 859. The SMILES string of the molecule is C[C@@H]1Cc2ccccc2N1C(=O)c1ccc(=O)n(CCC(=O)O)n1. The molecule has 0 aliphatic carbocycles. The highest BCUT2D eigenvalue weighted by Crippen LogP contribution is 2.32. The molecule has 0 spiro atoms. The maximum Gasteiger partial charge on any atom is 0.305 e. The number of benzene rings is 1. The van der Waals surface area contributed by atoms with E-state index in [2.05, 4.69) is 5.10 Å². The van der Waals surface area contributed by atoms with Crippen molar-refractivity contribution in [3.05, 3.63) is 58.0 Å². The summed E-state index contributed by atoms with van der Waals surface area (Å²) in [6.07, 6.45) is 0.536. The summed E-state index contributed by atoms with van der Waals surface area (Å²) in [7, 11) is 0. The van der Waals surface area contributed by atoms with Crippen molar-refractivity contribution in [3.8, 4) is 0 Å². The van der Waals surface area contributed by atoms with Gasteiger partial charge < -0.3 is 10.0 Å². The maximum absolute atomic E-state index is 12.9. The number of aliphatic carboxylic acids is 1. The largest absolute Gasteiger partial charge is 0.481 e. The second-order valence-corrected chi connectivity index (χ2v) is 5.78. The van der Waals surface area contributed by atoms with E-state index in [0.717, 1.165) is 22.4 Å². The van der Waals surface area contributed by atoms with Crippen LogP contribution in [-0.4, -0.2) is 32.8 Å². The van der Waals surface area contributed by atoms with Gasteiger partial charge in [-0.15, -0.1) is 0 Å². The third-order valence-corrected chi connectivity index (χ3v) is 4.05. The van der Waals surface area contributed by atoms with E-state index in [9.17, 15) is 14.4 Å². The molecule has 24 heavy (non-hydrogen) atoms. The van der Waals surface area contributed by atoms with Crippen molar-refractivity contribution >= 4 is 17.6 Å². The summed E-state index contributed by atoms with van der Waals surface area (Å²) < 4.78 is 1.02. The van der Waals surface area contributed by atoms with Crippen LogP contribution in [0.2, 0.25) is 0 Å². The fourth-order valence-corrected chi connectivity index (χ4v) is 2.92. The summed E-state index contributed by atoms with van der Waals surface area (Å²) in [6.45, 7) is 1.89. The van der Waals surface area contributed by atoms with E-state index in [1.807, 2.05) is 31.2 Å². The Labute approximate surface area is 138 Å². The van der Waals surface area contributed by atoms with Gasteiger partial charge in [-0.3, -0.25) is 14.4 Å². The van der Waals surface area contributed by atoms with Crippen LogP contribution in [0.15, 0.2) is 41.2 Å². The van der Waals surface area contributed by atoms with Crippen molar-refractivity contribution in [2.75, 3.05) is 4.90 Å². The van der Waals surface area contributed by atoms with Crippen molar-refractivity contribution in [3.63, 3.8) is 0 Å². The van der Waals surface area contributed by atoms with Gasteiger partial charge in [-0.2, -0.15) is 5.10 Å². The van der Waals surface area contributed by atoms with E-state index >= 15 is 0 Å². The van der Waals surface area contributed by atoms with Gasteiger partial charge in [-0.1, -0.05) is 18.2 Å². The number of carboxylic acids is 1. The van der Waals surface area contributed by atoms with Crippen LogP contribution in [-0.2, 0) is 17.8 Å². The molecular formula is C17H17N3O4. The van der Waals surface area contributed by atoms with Crippen molar-refractivity contribution in [1.82, 2.24) is 9.78 Å². The van der Waals surface area contributed by atoms with Gasteiger partial charge in [0.05, 0.1) is 13.0 Å². The Morgan fingerprint density at radius 3 is 2.75 bits per heavy atom. The lowest BCUT2D eigenvalue weighted by Gasteiger charge is -2.22. The van der Waals surface area contributed by atoms with Crippen LogP contribution < -0.4 is 10.5 Å². The van der Waals surface area contributed by atoms with E-state index in [-0.39, 0.29) is 30.6 Å². The summed E-state index contributed by atoms with van der Waals surface area (Å²) in [4.78, 5) is 37.0. The number of carbonyl (C=O) groups is 2. The molecule has 1 atom stereocenters. The molecule has 0 saturated carbocycles. The zero-order chi connectivity index (χ0) is 17.3. The Morgan fingerprint density at radius 1 is 1.25 bits per heavy atom. The maximum atomic E-state index is 12.9. The van der Waals surface area contributed by atoms with Gasteiger partial charge in [0.25, 0.3) is 11.5 Å². The van der Waals surface area contributed by atoms with E-state index in [1.165, 1.54) is 12.1 Å². The fourth-order valence-electron chi connectivity index (χ4n) is 2.92.